The van der Waals surface area contributed by atoms with Crippen LogP contribution in [0.2, 0.25) is 0 Å². The number of hydrogen-bond donors (Lipinski definition) is 1. The average Bonchev–Trinajstić information content (AvgIpc) is 3.21. The third kappa shape index (κ3) is 2.60. The van der Waals surface area contributed by atoms with Gasteiger partial charge in [0.25, 0.3) is 0 Å². The molecule has 1 heterocycles. The minimum absolute atomic E-state index is 0. The Morgan fingerprint density at radius 3 is 2.26 bits per heavy atom. The summed E-state index contributed by atoms with van der Waals surface area (Å²) in [6, 6.07) is 6.39. The zero-order valence-corrected chi connectivity index (χ0v) is 11.5. The van der Waals surface area contributed by atoms with Crippen LogP contribution in [-0.2, 0) is 10.2 Å². The van der Waals surface area contributed by atoms with E-state index in [-0.39, 0.29) is 29.5 Å². The average molecular weight is 285 g/mol. The molecule has 19 heavy (non-hydrogen) atoms. The topological polar surface area (TPSA) is 32.3 Å². The van der Waals surface area contributed by atoms with Crippen molar-refractivity contribution >= 4 is 18.3 Å². The van der Waals surface area contributed by atoms with Crippen LogP contribution in [0.1, 0.15) is 18.4 Å². The predicted molar refractivity (Wildman–Crippen MR) is 74.0 cm³/mol. The Morgan fingerprint density at radius 2 is 1.74 bits per heavy atom. The Labute approximate surface area is 118 Å². The van der Waals surface area contributed by atoms with Gasteiger partial charge in [0.15, 0.2) is 0 Å². The summed E-state index contributed by atoms with van der Waals surface area (Å²) in [4.78, 5) is 14.5. The van der Waals surface area contributed by atoms with Gasteiger partial charge >= 0.3 is 0 Å². The highest BCUT2D eigenvalue weighted by atomic mass is 35.5. The van der Waals surface area contributed by atoms with Crippen molar-refractivity contribution in [2.45, 2.75) is 18.3 Å². The summed E-state index contributed by atoms with van der Waals surface area (Å²) >= 11 is 0. The van der Waals surface area contributed by atoms with Crippen LogP contribution in [-0.4, -0.2) is 37.0 Å². The van der Waals surface area contributed by atoms with Crippen LogP contribution in [0.25, 0.3) is 0 Å². The molecule has 1 saturated carbocycles. The van der Waals surface area contributed by atoms with Gasteiger partial charge in [0.05, 0.1) is 5.41 Å². The van der Waals surface area contributed by atoms with Crippen molar-refractivity contribution in [2.75, 3.05) is 26.2 Å². The lowest BCUT2D eigenvalue weighted by molar-refractivity contribution is -0.134. The highest BCUT2D eigenvalue weighted by molar-refractivity contribution is 5.91. The van der Waals surface area contributed by atoms with Gasteiger partial charge in [-0.1, -0.05) is 12.1 Å². The second kappa shape index (κ2) is 5.47. The highest BCUT2D eigenvalue weighted by Crippen LogP contribution is 2.49. The van der Waals surface area contributed by atoms with Crippen molar-refractivity contribution in [2.24, 2.45) is 0 Å². The van der Waals surface area contributed by atoms with Crippen LogP contribution in [0, 0.1) is 5.82 Å². The third-order valence-electron chi connectivity index (χ3n) is 3.96. The fourth-order valence-electron chi connectivity index (χ4n) is 2.69. The van der Waals surface area contributed by atoms with Crippen molar-refractivity contribution in [1.82, 2.24) is 10.2 Å². The van der Waals surface area contributed by atoms with Gasteiger partial charge in [-0.25, -0.2) is 4.39 Å². The Morgan fingerprint density at radius 1 is 1.16 bits per heavy atom. The molecule has 2 fully saturated rings. The van der Waals surface area contributed by atoms with E-state index in [0.29, 0.717) is 0 Å². The summed E-state index contributed by atoms with van der Waals surface area (Å²) in [5.74, 6) is -0.0280. The summed E-state index contributed by atoms with van der Waals surface area (Å²) in [7, 11) is 0. The van der Waals surface area contributed by atoms with E-state index in [1.807, 2.05) is 4.90 Å². The molecule has 0 spiro atoms. The van der Waals surface area contributed by atoms with Crippen molar-refractivity contribution in [3.8, 4) is 0 Å². The van der Waals surface area contributed by atoms with Gasteiger partial charge in [0, 0.05) is 26.2 Å². The third-order valence-corrected chi connectivity index (χ3v) is 3.96. The van der Waals surface area contributed by atoms with Crippen LogP contribution in [0.4, 0.5) is 4.39 Å². The van der Waals surface area contributed by atoms with Crippen LogP contribution in [0.5, 0.6) is 0 Å². The Balaban J connectivity index is 0.00000133. The van der Waals surface area contributed by atoms with Gasteiger partial charge in [-0.15, -0.1) is 12.4 Å². The fraction of sp³-hybridized carbons (Fsp3) is 0.500. The largest absolute Gasteiger partial charge is 0.339 e. The molecule has 1 N–H and O–H groups in total. The molecule has 0 bridgehead atoms. The minimum Gasteiger partial charge on any atom is -0.339 e. The maximum atomic E-state index is 12.9. The van der Waals surface area contributed by atoms with Crippen LogP contribution < -0.4 is 5.32 Å². The number of nitrogens with one attached hydrogen (secondary N) is 1. The lowest BCUT2D eigenvalue weighted by Gasteiger charge is -2.31. The first-order valence-electron chi connectivity index (χ1n) is 6.48. The van der Waals surface area contributed by atoms with Crippen LogP contribution >= 0.6 is 12.4 Å². The molecular weight excluding hydrogens is 267 g/mol. The van der Waals surface area contributed by atoms with Gasteiger partial charge in [0.1, 0.15) is 5.82 Å². The number of amides is 1. The Kier molecular flexibility index (Phi) is 4.11. The molecule has 0 atom stereocenters. The summed E-state index contributed by atoms with van der Waals surface area (Å²) in [6.07, 6.45) is 1.78. The number of benzene rings is 1. The number of carbonyl (C=O) groups is 1. The van der Waals surface area contributed by atoms with E-state index in [4.69, 9.17) is 0 Å². The first-order valence-corrected chi connectivity index (χ1v) is 6.48. The molecule has 5 heteroatoms. The number of nitrogens with zero attached hydrogens (tertiary/aromatic N) is 1. The predicted octanol–water partition coefficient (Wildman–Crippen LogP) is 1.71. The van der Waals surface area contributed by atoms with Crippen molar-refractivity contribution in [3.05, 3.63) is 35.6 Å². The standard InChI is InChI=1S/C14H17FN2O.ClH/c15-12-3-1-11(2-4-12)14(5-6-14)13(18)17-9-7-16-8-10-17;/h1-4,16H,5-10H2;1H. The summed E-state index contributed by atoms with van der Waals surface area (Å²) < 4.78 is 12.9. The quantitative estimate of drug-likeness (QED) is 0.897. The molecule has 1 amide bonds. The molecule has 0 aromatic heterocycles. The summed E-state index contributed by atoms with van der Waals surface area (Å²) in [5.41, 5.74) is 0.609. The van der Waals surface area contributed by atoms with Crippen molar-refractivity contribution < 1.29 is 9.18 Å². The monoisotopic (exact) mass is 284 g/mol. The highest BCUT2D eigenvalue weighted by Gasteiger charge is 2.52. The molecule has 2 aliphatic rings. The van der Waals surface area contributed by atoms with E-state index >= 15 is 0 Å². The van der Waals surface area contributed by atoms with Gasteiger partial charge < -0.3 is 10.2 Å². The Hall–Kier alpha value is -1.13. The SMILES string of the molecule is Cl.O=C(N1CCNCC1)C1(c2ccc(F)cc2)CC1. The normalized spacial score (nSPS) is 20.6. The van der Waals surface area contributed by atoms with E-state index in [9.17, 15) is 9.18 Å². The lowest BCUT2D eigenvalue weighted by Crippen LogP contribution is -2.49. The molecular formula is C14H18ClFN2O. The van der Waals surface area contributed by atoms with E-state index in [1.54, 1.807) is 12.1 Å². The van der Waals surface area contributed by atoms with Gasteiger partial charge in [-0.3, -0.25) is 4.79 Å². The second-order valence-electron chi connectivity index (χ2n) is 5.13. The van der Waals surface area contributed by atoms with E-state index in [0.717, 1.165) is 44.6 Å². The van der Waals surface area contributed by atoms with Crippen molar-refractivity contribution in [3.63, 3.8) is 0 Å². The molecule has 3 nitrogen and oxygen atoms in total. The van der Waals surface area contributed by atoms with Crippen molar-refractivity contribution in [1.29, 1.82) is 0 Å². The van der Waals surface area contributed by atoms with Crippen LogP contribution in [0.3, 0.4) is 0 Å². The molecule has 1 saturated heterocycles. The maximum absolute atomic E-state index is 12.9. The molecule has 1 aliphatic heterocycles. The smallest absolute Gasteiger partial charge is 0.233 e. The molecule has 1 aliphatic carbocycles. The fourth-order valence-corrected chi connectivity index (χ4v) is 2.69. The minimum atomic E-state index is -0.356. The van der Waals surface area contributed by atoms with E-state index in [2.05, 4.69) is 5.32 Å². The molecule has 1 aromatic carbocycles. The van der Waals surface area contributed by atoms with Crippen LogP contribution in [0.15, 0.2) is 24.3 Å². The zero-order valence-electron chi connectivity index (χ0n) is 10.7. The lowest BCUT2D eigenvalue weighted by atomic mass is 9.94. The molecule has 0 unspecified atom stereocenters. The molecule has 104 valence electrons. The molecule has 0 radical (unpaired) electrons. The number of hydrogen-bond acceptors (Lipinski definition) is 2. The van der Waals surface area contributed by atoms with Gasteiger partial charge in [-0.2, -0.15) is 0 Å². The first kappa shape index (κ1) is 14.3. The first-order chi connectivity index (χ1) is 8.72. The van der Waals surface area contributed by atoms with E-state index < -0.39 is 0 Å². The number of carbonyl (C=O) groups excluding carboxylic acids is 1. The zero-order chi connectivity index (χ0) is 12.6. The molecule has 1 aromatic rings. The number of rotatable bonds is 2. The summed E-state index contributed by atoms with van der Waals surface area (Å²) in [6.45, 7) is 3.29. The number of piperazine rings is 1. The maximum Gasteiger partial charge on any atom is 0.233 e. The number of halogens is 2. The second-order valence-corrected chi connectivity index (χ2v) is 5.13. The Bertz CT molecular complexity index is 453. The van der Waals surface area contributed by atoms with Gasteiger partial charge in [-0.05, 0) is 30.5 Å². The van der Waals surface area contributed by atoms with E-state index in [1.165, 1.54) is 12.1 Å². The summed E-state index contributed by atoms with van der Waals surface area (Å²) in [5, 5.41) is 3.25. The molecule has 3 rings (SSSR count). The van der Waals surface area contributed by atoms with Gasteiger partial charge in [0.2, 0.25) is 5.91 Å².